The fourth-order valence-corrected chi connectivity index (χ4v) is 5.84. The quantitative estimate of drug-likeness (QED) is 0.340. The zero-order valence-electron chi connectivity index (χ0n) is 20.8. The van der Waals surface area contributed by atoms with E-state index in [0.717, 1.165) is 68.0 Å². The third-order valence-corrected chi connectivity index (χ3v) is 8.04. The van der Waals surface area contributed by atoms with Gasteiger partial charge in [-0.15, -0.1) is 0 Å². The maximum absolute atomic E-state index is 13.5. The molecule has 5 nitrogen and oxygen atoms in total. The summed E-state index contributed by atoms with van der Waals surface area (Å²) in [5, 5.41) is 0.643. The fourth-order valence-electron chi connectivity index (χ4n) is 5.84. The number of nitrogens with zero attached hydrogens (tertiary/aromatic N) is 1. The Bertz CT molecular complexity index is 1280. The van der Waals surface area contributed by atoms with E-state index in [9.17, 15) is 18.8 Å². The molecule has 2 aliphatic rings. The maximum atomic E-state index is 13.5. The number of ketones is 2. The number of nitrogens with one attached hydrogen (secondary N) is 1. The van der Waals surface area contributed by atoms with E-state index in [1.54, 1.807) is 12.3 Å². The van der Waals surface area contributed by atoms with E-state index in [1.807, 2.05) is 30.0 Å². The molecule has 1 saturated heterocycles. The molecule has 1 saturated carbocycles. The number of carbonyl (C=O) groups excluding carboxylic acids is 3. The standard InChI is InChI=1S/C30H33FN2O3/c1-19-15-27-25(26(18-32-27)29(35)28(34)22-5-3-2-4-6-22)17-24(19)30(36)33-13-11-21(12-14-33)16-20-7-9-23(31)10-8-20/h7-10,15,17-18,21-22,32H,2-6,11-14,16H2,1H3. The minimum atomic E-state index is -0.447. The Morgan fingerprint density at radius 3 is 2.33 bits per heavy atom. The molecule has 1 amide bonds. The monoisotopic (exact) mass is 488 g/mol. The van der Waals surface area contributed by atoms with Crippen molar-refractivity contribution in [1.82, 2.24) is 9.88 Å². The maximum Gasteiger partial charge on any atom is 0.254 e. The predicted molar refractivity (Wildman–Crippen MR) is 138 cm³/mol. The fraction of sp³-hybridized carbons (Fsp3) is 0.433. The summed E-state index contributed by atoms with van der Waals surface area (Å²) < 4.78 is 13.2. The van der Waals surface area contributed by atoms with Gasteiger partial charge in [0, 0.05) is 41.7 Å². The molecule has 0 bridgehead atoms. The molecular weight excluding hydrogens is 455 g/mol. The van der Waals surface area contributed by atoms with Gasteiger partial charge in [-0.1, -0.05) is 31.4 Å². The molecule has 2 heterocycles. The SMILES string of the molecule is Cc1cc2[nH]cc(C(=O)C(=O)C3CCCCC3)c2cc1C(=O)N1CCC(Cc2ccc(F)cc2)CC1. The number of fused-ring (bicyclic) bond motifs is 1. The van der Waals surface area contributed by atoms with Gasteiger partial charge in [0.25, 0.3) is 5.91 Å². The molecule has 0 radical (unpaired) electrons. The van der Waals surface area contributed by atoms with Gasteiger partial charge >= 0.3 is 0 Å². The molecule has 188 valence electrons. The zero-order valence-corrected chi connectivity index (χ0v) is 20.8. The average Bonchev–Trinajstić information content (AvgIpc) is 3.31. The largest absolute Gasteiger partial charge is 0.360 e. The van der Waals surface area contributed by atoms with Gasteiger partial charge in [-0.05, 0) is 80.3 Å². The number of halogens is 1. The van der Waals surface area contributed by atoms with E-state index in [4.69, 9.17) is 0 Å². The van der Waals surface area contributed by atoms with Crippen LogP contribution in [0, 0.1) is 24.6 Å². The molecule has 1 aromatic heterocycles. The van der Waals surface area contributed by atoms with Gasteiger partial charge in [0.05, 0.1) is 5.56 Å². The first kappa shape index (κ1) is 24.4. The van der Waals surface area contributed by atoms with E-state index in [0.29, 0.717) is 35.5 Å². The van der Waals surface area contributed by atoms with Crippen LogP contribution < -0.4 is 0 Å². The molecule has 2 aromatic carbocycles. The van der Waals surface area contributed by atoms with Crippen molar-refractivity contribution in [2.24, 2.45) is 11.8 Å². The lowest BCUT2D eigenvalue weighted by atomic mass is 9.83. The van der Waals surface area contributed by atoms with Crippen molar-refractivity contribution >= 4 is 28.4 Å². The second kappa shape index (κ2) is 10.4. The molecule has 0 spiro atoms. The van der Waals surface area contributed by atoms with E-state index in [2.05, 4.69) is 4.98 Å². The van der Waals surface area contributed by atoms with Crippen molar-refractivity contribution in [2.75, 3.05) is 13.1 Å². The Kier molecular flexibility index (Phi) is 7.04. The lowest BCUT2D eigenvalue weighted by Gasteiger charge is -2.32. The van der Waals surface area contributed by atoms with E-state index in [-0.39, 0.29) is 23.4 Å². The number of Topliss-reactive ketones (excluding diaryl/α,β-unsaturated/α-hetero) is 2. The Hall–Kier alpha value is -3.28. The summed E-state index contributed by atoms with van der Waals surface area (Å²) in [4.78, 5) is 44.5. The molecule has 1 aliphatic carbocycles. The minimum Gasteiger partial charge on any atom is -0.360 e. The highest BCUT2D eigenvalue weighted by atomic mass is 19.1. The molecular formula is C30H33FN2O3. The highest BCUT2D eigenvalue weighted by Gasteiger charge is 2.30. The third kappa shape index (κ3) is 4.99. The summed E-state index contributed by atoms with van der Waals surface area (Å²) in [6.45, 7) is 3.24. The summed E-state index contributed by atoms with van der Waals surface area (Å²) in [5.41, 5.74) is 3.68. The van der Waals surface area contributed by atoms with Crippen LogP contribution in [0.4, 0.5) is 4.39 Å². The van der Waals surface area contributed by atoms with Gasteiger partial charge in [0.1, 0.15) is 5.82 Å². The summed E-state index contributed by atoms with van der Waals surface area (Å²) >= 11 is 0. The Morgan fingerprint density at radius 2 is 1.64 bits per heavy atom. The molecule has 1 aliphatic heterocycles. The van der Waals surface area contributed by atoms with Crippen molar-refractivity contribution in [3.63, 3.8) is 0 Å². The normalized spacial score (nSPS) is 17.4. The van der Waals surface area contributed by atoms with Crippen LogP contribution in [0.15, 0.2) is 42.6 Å². The van der Waals surface area contributed by atoms with Crippen LogP contribution in [0.2, 0.25) is 0 Å². The molecule has 0 unspecified atom stereocenters. The number of hydrogen-bond donors (Lipinski definition) is 1. The topological polar surface area (TPSA) is 70.2 Å². The Balaban J connectivity index is 1.29. The molecule has 0 atom stereocenters. The summed E-state index contributed by atoms with van der Waals surface area (Å²) in [7, 11) is 0. The van der Waals surface area contributed by atoms with Crippen LogP contribution in [0.3, 0.4) is 0 Å². The highest BCUT2D eigenvalue weighted by Crippen LogP contribution is 2.30. The summed E-state index contributed by atoms with van der Waals surface area (Å²) in [6, 6.07) is 10.3. The van der Waals surface area contributed by atoms with Crippen LogP contribution in [-0.4, -0.2) is 40.4 Å². The van der Waals surface area contributed by atoms with Crippen LogP contribution in [-0.2, 0) is 11.2 Å². The number of rotatable bonds is 6. The van der Waals surface area contributed by atoms with E-state index < -0.39 is 5.78 Å². The van der Waals surface area contributed by atoms with Crippen molar-refractivity contribution in [3.8, 4) is 0 Å². The minimum absolute atomic E-state index is 0.0344. The molecule has 2 fully saturated rings. The number of piperidine rings is 1. The second-order valence-electron chi connectivity index (χ2n) is 10.5. The van der Waals surface area contributed by atoms with Crippen LogP contribution in [0.25, 0.3) is 10.9 Å². The number of aryl methyl sites for hydroxylation is 1. The molecule has 5 rings (SSSR count). The number of carbonyl (C=O) groups is 3. The molecule has 6 heteroatoms. The lowest BCUT2D eigenvalue weighted by Crippen LogP contribution is -2.39. The average molecular weight is 489 g/mol. The van der Waals surface area contributed by atoms with Gasteiger partial charge in [-0.3, -0.25) is 14.4 Å². The Morgan fingerprint density at radius 1 is 0.944 bits per heavy atom. The first-order valence-corrected chi connectivity index (χ1v) is 13.1. The summed E-state index contributed by atoms with van der Waals surface area (Å²) in [5.74, 6) is -0.726. The third-order valence-electron chi connectivity index (χ3n) is 8.04. The highest BCUT2D eigenvalue weighted by molar-refractivity contribution is 6.46. The van der Waals surface area contributed by atoms with E-state index in [1.165, 1.54) is 12.1 Å². The first-order valence-electron chi connectivity index (χ1n) is 13.1. The van der Waals surface area contributed by atoms with Crippen LogP contribution in [0.5, 0.6) is 0 Å². The number of benzene rings is 2. The zero-order chi connectivity index (χ0) is 25.2. The number of hydrogen-bond acceptors (Lipinski definition) is 3. The van der Waals surface area contributed by atoms with Gasteiger partial charge < -0.3 is 9.88 Å². The molecule has 1 N–H and O–H groups in total. The van der Waals surface area contributed by atoms with Crippen molar-refractivity contribution in [2.45, 2.75) is 58.3 Å². The van der Waals surface area contributed by atoms with Crippen molar-refractivity contribution in [1.29, 1.82) is 0 Å². The van der Waals surface area contributed by atoms with Gasteiger partial charge in [0.15, 0.2) is 0 Å². The molecule has 3 aromatic rings. The number of H-pyrrole nitrogens is 1. The number of aromatic nitrogens is 1. The van der Waals surface area contributed by atoms with Crippen LogP contribution in [0.1, 0.15) is 76.8 Å². The summed E-state index contributed by atoms with van der Waals surface area (Å²) in [6.07, 6.45) is 8.98. The number of amides is 1. The van der Waals surface area contributed by atoms with Gasteiger partial charge in [-0.2, -0.15) is 0 Å². The second-order valence-corrected chi connectivity index (χ2v) is 10.5. The smallest absolute Gasteiger partial charge is 0.254 e. The van der Waals surface area contributed by atoms with Crippen LogP contribution >= 0.6 is 0 Å². The van der Waals surface area contributed by atoms with E-state index >= 15 is 0 Å². The Labute approximate surface area is 211 Å². The van der Waals surface area contributed by atoms with Crippen molar-refractivity contribution in [3.05, 3.63) is 70.7 Å². The van der Waals surface area contributed by atoms with Gasteiger partial charge in [0.2, 0.25) is 11.6 Å². The molecule has 36 heavy (non-hydrogen) atoms. The number of aromatic amines is 1. The number of likely N-dealkylation sites (tertiary alicyclic amines) is 1. The van der Waals surface area contributed by atoms with Gasteiger partial charge in [-0.25, -0.2) is 4.39 Å². The first-order chi connectivity index (χ1) is 17.4. The van der Waals surface area contributed by atoms with Crippen molar-refractivity contribution < 1.29 is 18.8 Å². The predicted octanol–water partition coefficient (Wildman–Crippen LogP) is 6.04. The lowest BCUT2D eigenvalue weighted by molar-refractivity contribution is -0.119.